The van der Waals surface area contributed by atoms with Crippen molar-refractivity contribution >= 4 is 21.4 Å². The third-order valence-corrected chi connectivity index (χ3v) is 3.00. The molecule has 0 bridgehead atoms. The van der Waals surface area contributed by atoms with Crippen LogP contribution in [0, 0.1) is 5.82 Å². The highest BCUT2D eigenvalue weighted by Gasteiger charge is 2.15. The molecule has 0 radical (unpaired) electrons. The average molecular weight is 218 g/mol. The lowest BCUT2D eigenvalue weighted by atomic mass is 10.3. The minimum Gasteiger partial charge on any atom is -0.399 e. The van der Waals surface area contributed by atoms with Gasteiger partial charge in [0.15, 0.2) is 0 Å². The second-order valence-corrected chi connectivity index (χ2v) is 4.96. The SMILES string of the molecule is CN(c1ccc(N)cc1F)S(C)(=O)=O. The average Bonchev–Trinajstić information content (AvgIpc) is 2.01. The maximum absolute atomic E-state index is 13.2. The van der Waals surface area contributed by atoms with Crippen LogP contribution in [0.5, 0.6) is 0 Å². The number of anilines is 2. The Bertz CT molecular complexity index is 445. The van der Waals surface area contributed by atoms with Crippen LogP contribution in [0.4, 0.5) is 15.8 Å². The van der Waals surface area contributed by atoms with Crippen LogP contribution in [0.15, 0.2) is 18.2 Å². The molecule has 0 unspecified atom stereocenters. The van der Waals surface area contributed by atoms with Crippen LogP contribution in [0.2, 0.25) is 0 Å². The standard InChI is InChI=1S/C8H11FN2O2S/c1-11(14(2,12)13)8-4-3-6(10)5-7(8)9/h3-5H,10H2,1-2H3. The summed E-state index contributed by atoms with van der Waals surface area (Å²) in [5.74, 6) is -0.655. The molecular formula is C8H11FN2O2S. The van der Waals surface area contributed by atoms with Gasteiger partial charge >= 0.3 is 0 Å². The van der Waals surface area contributed by atoms with E-state index >= 15 is 0 Å². The van der Waals surface area contributed by atoms with Gasteiger partial charge in [-0.05, 0) is 18.2 Å². The Morgan fingerprint density at radius 3 is 2.43 bits per heavy atom. The van der Waals surface area contributed by atoms with Gasteiger partial charge in [0.05, 0.1) is 11.9 Å². The van der Waals surface area contributed by atoms with Crippen LogP contribution in [-0.4, -0.2) is 21.7 Å². The topological polar surface area (TPSA) is 63.4 Å². The second-order valence-electron chi connectivity index (χ2n) is 2.94. The van der Waals surface area contributed by atoms with Crippen molar-refractivity contribution in [2.24, 2.45) is 0 Å². The Morgan fingerprint density at radius 1 is 1.43 bits per heavy atom. The first-order valence-electron chi connectivity index (χ1n) is 3.81. The van der Waals surface area contributed by atoms with E-state index in [9.17, 15) is 12.8 Å². The Balaban J connectivity index is 3.21. The predicted molar refractivity (Wildman–Crippen MR) is 54.1 cm³/mol. The molecule has 1 rings (SSSR count). The van der Waals surface area contributed by atoms with Crippen LogP contribution in [-0.2, 0) is 10.0 Å². The van der Waals surface area contributed by atoms with E-state index in [0.29, 0.717) is 0 Å². The molecule has 0 atom stereocenters. The van der Waals surface area contributed by atoms with E-state index in [1.165, 1.54) is 19.2 Å². The molecule has 4 nitrogen and oxygen atoms in total. The highest BCUT2D eigenvalue weighted by Crippen LogP contribution is 2.21. The molecule has 0 fully saturated rings. The number of benzene rings is 1. The van der Waals surface area contributed by atoms with E-state index in [2.05, 4.69) is 0 Å². The fourth-order valence-electron chi connectivity index (χ4n) is 0.957. The van der Waals surface area contributed by atoms with Gasteiger partial charge in [-0.25, -0.2) is 12.8 Å². The Morgan fingerprint density at radius 2 is 2.00 bits per heavy atom. The fraction of sp³-hybridized carbons (Fsp3) is 0.250. The van der Waals surface area contributed by atoms with Crippen molar-refractivity contribution in [2.45, 2.75) is 0 Å². The largest absolute Gasteiger partial charge is 0.399 e. The van der Waals surface area contributed by atoms with Gasteiger partial charge in [-0.1, -0.05) is 0 Å². The first-order valence-corrected chi connectivity index (χ1v) is 5.66. The Hall–Kier alpha value is -1.30. The van der Waals surface area contributed by atoms with Gasteiger partial charge < -0.3 is 5.73 Å². The first kappa shape index (κ1) is 10.8. The van der Waals surface area contributed by atoms with Crippen molar-refractivity contribution in [3.05, 3.63) is 24.0 Å². The number of rotatable bonds is 2. The van der Waals surface area contributed by atoms with Crippen molar-refractivity contribution in [3.8, 4) is 0 Å². The van der Waals surface area contributed by atoms with Crippen LogP contribution >= 0.6 is 0 Å². The number of hydrogen-bond acceptors (Lipinski definition) is 3. The smallest absolute Gasteiger partial charge is 0.232 e. The van der Waals surface area contributed by atoms with Gasteiger partial charge in [-0.15, -0.1) is 0 Å². The van der Waals surface area contributed by atoms with Crippen molar-refractivity contribution in [1.82, 2.24) is 0 Å². The van der Waals surface area contributed by atoms with Gasteiger partial charge in [0.2, 0.25) is 10.0 Å². The second kappa shape index (κ2) is 3.45. The number of hydrogen-bond donors (Lipinski definition) is 1. The first-order chi connectivity index (χ1) is 6.32. The molecule has 0 aliphatic carbocycles. The zero-order valence-corrected chi connectivity index (χ0v) is 8.68. The van der Waals surface area contributed by atoms with E-state index < -0.39 is 15.8 Å². The minimum absolute atomic E-state index is 0.0123. The van der Waals surface area contributed by atoms with E-state index in [4.69, 9.17) is 5.73 Å². The molecule has 0 amide bonds. The van der Waals surface area contributed by atoms with Crippen molar-refractivity contribution in [3.63, 3.8) is 0 Å². The molecule has 0 saturated heterocycles. The number of nitrogens with two attached hydrogens (primary N) is 1. The molecule has 78 valence electrons. The molecule has 0 saturated carbocycles. The minimum atomic E-state index is -3.44. The summed E-state index contributed by atoms with van der Waals surface area (Å²) in [7, 11) is -2.16. The van der Waals surface area contributed by atoms with Gasteiger partial charge in [-0.3, -0.25) is 4.31 Å². The van der Waals surface area contributed by atoms with Gasteiger partial charge in [0.25, 0.3) is 0 Å². The molecule has 14 heavy (non-hydrogen) atoms. The third kappa shape index (κ3) is 2.14. The molecule has 2 N–H and O–H groups in total. The zero-order chi connectivity index (χ0) is 10.9. The van der Waals surface area contributed by atoms with Crippen molar-refractivity contribution in [1.29, 1.82) is 0 Å². The molecule has 0 heterocycles. The fourth-order valence-corrected chi connectivity index (χ4v) is 1.46. The number of nitrogens with zero attached hydrogens (tertiary/aromatic N) is 1. The van der Waals surface area contributed by atoms with Gasteiger partial charge in [0, 0.05) is 12.7 Å². The van der Waals surface area contributed by atoms with E-state index in [-0.39, 0.29) is 11.4 Å². The molecule has 0 aliphatic rings. The lowest BCUT2D eigenvalue weighted by Crippen LogP contribution is -2.25. The highest BCUT2D eigenvalue weighted by molar-refractivity contribution is 7.92. The van der Waals surface area contributed by atoms with Gasteiger partial charge in [-0.2, -0.15) is 0 Å². The molecule has 0 aliphatic heterocycles. The summed E-state index contributed by atoms with van der Waals surface area (Å²) in [6, 6.07) is 3.85. The summed E-state index contributed by atoms with van der Waals surface area (Å²) in [5.41, 5.74) is 5.57. The molecule has 1 aromatic rings. The summed E-state index contributed by atoms with van der Waals surface area (Å²) in [6.45, 7) is 0. The summed E-state index contributed by atoms with van der Waals surface area (Å²) in [5, 5.41) is 0. The van der Waals surface area contributed by atoms with E-state index in [0.717, 1.165) is 16.6 Å². The molecule has 0 aromatic heterocycles. The zero-order valence-electron chi connectivity index (χ0n) is 7.86. The maximum Gasteiger partial charge on any atom is 0.232 e. The summed E-state index contributed by atoms with van der Waals surface area (Å²) in [4.78, 5) is 0. The van der Waals surface area contributed by atoms with Crippen LogP contribution in [0.1, 0.15) is 0 Å². The predicted octanol–water partition coefficient (Wildman–Crippen LogP) is 0.804. The molecule has 1 aromatic carbocycles. The molecule has 6 heteroatoms. The highest BCUT2D eigenvalue weighted by atomic mass is 32.2. The van der Waals surface area contributed by atoms with Gasteiger partial charge in [0.1, 0.15) is 5.82 Å². The lowest BCUT2D eigenvalue weighted by Gasteiger charge is -2.17. The summed E-state index contributed by atoms with van der Waals surface area (Å²) >= 11 is 0. The Kier molecular flexibility index (Phi) is 2.66. The Labute approximate surface area is 82.2 Å². The number of nitrogen functional groups attached to an aromatic ring is 1. The van der Waals surface area contributed by atoms with Crippen LogP contribution in [0.25, 0.3) is 0 Å². The normalized spacial score (nSPS) is 11.4. The maximum atomic E-state index is 13.2. The van der Waals surface area contributed by atoms with Crippen LogP contribution in [0.3, 0.4) is 0 Å². The number of sulfonamides is 1. The summed E-state index contributed by atoms with van der Waals surface area (Å²) in [6.07, 6.45) is 1.00. The van der Waals surface area contributed by atoms with Crippen molar-refractivity contribution < 1.29 is 12.8 Å². The third-order valence-electron chi connectivity index (χ3n) is 1.81. The molecule has 0 spiro atoms. The van der Waals surface area contributed by atoms with Crippen molar-refractivity contribution in [2.75, 3.05) is 23.3 Å². The summed E-state index contributed by atoms with van der Waals surface area (Å²) < 4.78 is 36.3. The van der Waals surface area contributed by atoms with E-state index in [1.807, 2.05) is 0 Å². The monoisotopic (exact) mass is 218 g/mol. The quantitative estimate of drug-likeness (QED) is 0.747. The van der Waals surface area contributed by atoms with Crippen LogP contribution < -0.4 is 10.0 Å². The lowest BCUT2D eigenvalue weighted by molar-refractivity contribution is 0.595. The number of halogens is 1. The molecular weight excluding hydrogens is 207 g/mol. The van der Waals surface area contributed by atoms with E-state index in [1.54, 1.807) is 0 Å².